The van der Waals surface area contributed by atoms with Crippen molar-refractivity contribution in [2.75, 3.05) is 0 Å². The van der Waals surface area contributed by atoms with E-state index in [1.165, 1.54) is 4.90 Å². The minimum atomic E-state index is -0.987. The molecule has 2 atom stereocenters. The van der Waals surface area contributed by atoms with Crippen molar-refractivity contribution in [1.82, 2.24) is 4.90 Å². The first kappa shape index (κ1) is 15.5. The van der Waals surface area contributed by atoms with Crippen molar-refractivity contribution < 1.29 is 14.7 Å². The average Bonchev–Trinajstić information content (AvgIpc) is 2.43. The van der Waals surface area contributed by atoms with Gasteiger partial charge in [0, 0.05) is 13.0 Å². The molecular formula is C16H22N2O3. The van der Waals surface area contributed by atoms with Crippen molar-refractivity contribution in [3.8, 4) is 0 Å². The van der Waals surface area contributed by atoms with Crippen LogP contribution in [0.5, 0.6) is 0 Å². The molecule has 0 spiro atoms. The van der Waals surface area contributed by atoms with E-state index in [1.807, 2.05) is 45.0 Å². The maximum absolute atomic E-state index is 12.6. The normalized spacial score (nSPS) is 19.8. The second-order valence-corrected chi connectivity index (χ2v) is 6.64. The first-order chi connectivity index (χ1) is 9.71. The van der Waals surface area contributed by atoms with Gasteiger partial charge < -0.3 is 15.7 Å². The van der Waals surface area contributed by atoms with Crippen LogP contribution in [0.3, 0.4) is 0 Å². The van der Waals surface area contributed by atoms with Gasteiger partial charge in [-0.3, -0.25) is 4.79 Å². The van der Waals surface area contributed by atoms with Gasteiger partial charge in [-0.2, -0.15) is 0 Å². The first-order valence-corrected chi connectivity index (χ1v) is 7.07. The molecule has 2 rings (SSSR count). The maximum Gasteiger partial charge on any atom is 0.326 e. The molecule has 0 aromatic heterocycles. The molecule has 21 heavy (non-hydrogen) atoms. The van der Waals surface area contributed by atoms with Crippen LogP contribution < -0.4 is 5.73 Å². The van der Waals surface area contributed by atoms with Crippen LogP contribution in [-0.2, 0) is 22.6 Å². The highest BCUT2D eigenvalue weighted by atomic mass is 16.4. The van der Waals surface area contributed by atoms with E-state index in [4.69, 9.17) is 5.73 Å². The van der Waals surface area contributed by atoms with E-state index in [9.17, 15) is 14.7 Å². The molecule has 0 aliphatic carbocycles. The van der Waals surface area contributed by atoms with Gasteiger partial charge in [-0.25, -0.2) is 4.79 Å². The fourth-order valence-electron chi connectivity index (χ4n) is 2.52. The van der Waals surface area contributed by atoms with E-state index in [2.05, 4.69) is 0 Å². The van der Waals surface area contributed by atoms with Crippen LogP contribution in [0.2, 0.25) is 0 Å². The molecule has 0 bridgehead atoms. The van der Waals surface area contributed by atoms with E-state index >= 15 is 0 Å². The lowest BCUT2D eigenvalue weighted by molar-refractivity contribution is -0.153. The maximum atomic E-state index is 12.6. The fourth-order valence-corrected chi connectivity index (χ4v) is 2.52. The van der Waals surface area contributed by atoms with E-state index in [0.717, 1.165) is 11.1 Å². The number of aliphatic carboxylic acids is 1. The molecule has 1 heterocycles. The van der Waals surface area contributed by atoms with E-state index in [1.54, 1.807) is 0 Å². The van der Waals surface area contributed by atoms with Crippen LogP contribution in [0.1, 0.15) is 31.9 Å². The molecule has 0 saturated heterocycles. The van der Waals surface area contributed by atoms with Gasteiger partial charge in [0.25, 0.3) is 0 Å². The minimum absolute atomic E-state index is 0.301. The monoisotopic (exact) mass is 290 g/mol. The van der Waals surface area contributed by atoms with Crippen molar-refractivity contribution in [3.63, 3.8) is 0 Å². The number of rotatable bonds is 2. The van der Waals surface area contributed by atoms with Crippen LogP contribution in [0.4, 0.5) is 0 Å². The summed E-state index contributed by atoms with van der Waals surface area (Å²) in [5.41, 5.74) is 7.59. The molecule has 0 radical (unpaired) electrons. The summed E-state index contributed by atoms with van der Waals surface area (Å²) in [5.74, 6) is -1.29. The van der Waals surface area contributed by atoms with Crippen molar-refractivity contribution in [2.24, 2.45) is 11.1 Å². The lowest BCUT2D eigenvalue weighted by Gasteiger charge is -2.38. The molecule has 1 amide bonds. The van der Waals surface area contributed by atoms with Gasteiger partial charge in [-0.15, -0.1) is 0 Å². The van der Waals surface area contributed by atoms with Crippen molar-refractivity contribution >= 4 is 11.9 Å². The van der Waals surface area contributed by atoms with Crippen LogP contribution in [-0.4, -0.2) is 34.0 Å². The zero-order chi connectivity index (χ0) is 15.8. The number of carbonyl (C=O) groups excluding carboxylic acids is 1. The molecule has 3 N–H and O–H groups in total. The summed E-state index contributed by atoms with van der Waals surface area (Å²) < 4.78 is 0. The van der Waals surface area contributed by atoms with Gasteiger partial charge >= 0.3 is 5.97 Å². The van der Waals surface area contributed by atoms with Crippen molar-refractivity contribution in [2.45, 2.75) is 45.8 Å². The number of amides is 1. The second kappa shape index (κ2) is 5.48. The van der Waals surface area contributed by atoms with Crippen LogP contribution in [0, 0.1) is 5.41 Å². The third-order valence-electron chi connectivity index (χ3n) is 4.02. The van der Waals surface area contributed by atoms with Gasteiger partial charge in [0.15, 0.2) is 0 Å². The zero-order valence-electron chi connectivity index (χ0n) is 12.7. The Bertz CT molecular complexity index is 563. The molecule has 0 saturated carbocycles. The van der Waals surface area contributed by atoms with Crippen molar-refractivity contribution in [3.05, 3.63) is 35.4 Å². The van der Waals surface area contributed by atoms with E-state index < -0.39 is 23.5 Å². The molecule has 5 heteroatoms. The zero-order valence-corrected chi connectivity index (χ0v) is 12.7. The number of fused-ring (bicyclic) bond motifs is 1. The predicted octanol–water partition coefficient (Wildman–Crippen LogP) is 1.40. The smallest absolute Gasteiger partial charge is 0.326 e. The topological polar surface area (TPSA) is 83.6 Å². The molecular weight excluding hydrogens is 268 g/mol. The Morgan fingerprint density at radius 3 is 2.38 bits per heavy atom. The average molecular weight is 290 g/mol. The highest BCUT2D eigenvalue weighted by Gasteiger charge is 2.39. The fraction of sp³-hybridized carbons (Fsp3) is 0.500. The summed E-state index contributed by atoms with van der Waals surface area (Å²) in [7, 11) is 0. The molecule has 1 aromatic rings. The molecule has 0 fully saturated rings. The number of nitrogens with zero attached hydrogens (tertiary/aromatic N) is 1. The standard InChI is InChI=1S/C16H22N2O3/c1-16(2,3)13(17)14(19)18-9-11-7-5-4-6-10(11)8-12(18)15(20)21/h4-7,12-13H,8-9,17H2,1-3H3,(H,20,21)/t12-,13-/m1/s1. The first-order valence-electron chi connectivity index (χ1n) is 7.07. The minimum Gasteiger partial charge on any atom is -0.480 e. The van der Waals surface area contributed by atoms with Crippen molar-refractivity contribution in [1.29, 1.82) is 0 Å². The number of hydrogen-bond acceptors (Lipinski definition) is 3. The van der Waals surface area contributed by atoms with Gasteiger partial charge in [-0.1, -0.05) is 45.0 Å². The SMILES string of the molecule is CC(C)(C)[C@H](N)C(=O)N1Cc2ccccc2C[C@@H]1C(=O)O. The van der Waals surface area contributed by atoms with Gasteiger partial charge in [-0.05, 0) is 16.5 Å². The predicted molar refractivity (Wildman–Crippen MR) is 79.6 cm³/mol. The number of carbonyl (C=O) groups is 2. The summed E-state index contributed by atoms with van der Waals surface area (Å²) in [6.07, 6.45) is 0.327. The summed E-state index contributed by atoms with van der Waals surface area (Å²) in [5, 5.41) is 9.43. The number of carboxylic acids is 1. The molecule has 0 unspecified atom stereocenters. The highest BCUT2D eigenvalue weighted by Crippen LogP contribution is 2.27. The largest absolute Gasteiger partial charge is 0.480 e. The Balaban J connectivity index is 2.33. The quantitative estimate of drug-likeness (QED) is 0.862. The molecule has 1 aliphatic heterocycles. The Morgan fingerprint density at radius 2 is 1.86 bits per heavy atom. The van der Waals surface area contributed by atoms with E-state index in [-0.39, 0.29) is 5.91 Å². The number of carboxylic acid groups (broad SMARTS) is 1. The van der Waals surface area contributed by atoms with Gasteiger partial charge in [0.2, 0.25) is 5.91 Å². The summed E-state index contributed by atoms with van der Waals surface area (Å²) >= 11 is 0. The summed E-state index contributed by atoms with van der Waals surface area (Å²) in [6, 6.07) is 6.06. The van der Waals surface area contributed by atoms with Gasteiger partial charge in [0.1, 0.15) is 6.04 Å². The lowest BCUT2D eigenvalue weighted by Crippen LogP contribution is -2.56. The number of hydrogen-bond donors (Lipinski definition) is 2. The third-order valence-corrected chi connectivity index (χ3v) is 4.02. The third kappa shape index (κ3) is 3.08. The Labute approximate surface area is 124 Å². The van der Waals surface area contributed by atoms with Crippen LogP contribution >= 0.6 is 0 Å². The summed E-state index contributed by atoms with van der Waals surface area (Å²) in [4.78, 5) is 25.5. The Hall–Kier alpha value is -1.88. The number of benzene rings is 1. The highest BCUT2D eigenvalue weighted by molar-refractivity contribution is 5.88. The summed E-state index contributed by atoms with van der Waals surface area (Å²) in [6.45, 7) is 5.94. The Kier molecular flexibility index (Phi) is 4.05. The Morgan fingerprint density at radius 1 is 1.29 bits per heavy atom. The molecule has 1 aromatic carbocycles. The van der Waals surface area contributed by atoms with Gasteiger partial charge in [0.05, 0.1) is 6.04 Å². The molecule has 1 aliphatic rings. The molecule has 5 nitrogen and oxygen atoms in total. The lowest BCUT2D eigenvalue weighted by atomic mass is 9.85. The van der Waals surface area contributed by atoms with Crippen LogP contribution in [0.15, 0.2) is 24.3 Å². The van der Waals surface area contributed by atoms with E-state index in [0.29, 0.717) is 13.0 Å². The van der Waals surface area contributed by atoms with Crippen LogP contribution in [0.25, 0.3) is 0 Å². The number of nitrogens with two attached hydrogens (primary N) is 1. The molecule has 114 valence electrons. The second-order valence-electron chi connectivity index (χ2n) is 6.64.